The van der Waals surface area contributed by atoms with Crippen LogP contribution in [0.25, 0.3) is 0 Å². The molecule has 0 unspecified atom stereocenters. The second-order valence-electron chi connectivity index (χ2n) is 4.90. The van der Waals surface area contributed by atoms with Crippen LogP contribution in [-0.4, -0.2) is 21.0 Å². The highest BCUT2D eigenvalue weighted by atomic mass is 32.2. The van der Waals surface area contributed by atoms with E-state index < -0.39 is 16.0 Å². The van der Waals surface area contributed by atoms with Crippen molar-refractivity contribution in [2.75, 3.05) is 11.3 Å². The van der Waals surface area contributed by atoms with E-state index in [4.69, 9.17) is 4.74 Å². The number of sulfonamides is 1. The van der Waals surface area contributed by atoms with Crippen molar-refractivity contribution in [3.05, 3.63) is 59.7 Å². The molecule has 0 saturated carbocycles. The third kappa shape index (κ3) is 4.32. The highest BCUT2D eigenvalue weighted by Gasteiger charge is 2.15. The average molecular weight is 333 g/mol. The van der Waals surface area contributed by atoms with Crippen molar-refractivity contribution in [2.45, 2.75) is 25.2 Å². The quantitative estimate of drug-likeness (QED) is 0.824. The Balaban J connectivity index is 2.23. The Hall–Kier alpha value is -2.34. The van der Waals surface area contributed by atoms with Crippen molar-refractivity contribution in [1.82, 2.24) is 0 Å². The maximum absolute atomic E-state index is 12.4. The molecule has 0 saturated heterocycles. The molecule has 1 N–H and O–H groups in total. The van der Waals surface area contributed by atoms with Gasteiger partial charge in [-0.2, -0.15) is 0 Å². The minimum Gasteiger partial charge on any atom is -0.462 e. The SMILES string of the molecule is CCOC(=O)c1cccc(NS(=O)(=O)c2ccc(CC)cc2)c1. The van der Waals surface area contributed by atoms with Gasteiger partial charge in [0.2, 0.25) is 0 Å². The van der Waals surface area contributed by atoms with Crippen molar-refractivity contribution in [1.29, 1.82) is 0 Å². The van der Waals surface area contributed by atoms with Crippen LogP contribution in [-0.2, 0) is 21.2 Å². The molecule has 0 heterocycles. The van der Waals surface area contributed by atoms with Gasteiger partial charge in [0.25, 0.3) is 10.0 Å². The normalized spacial score (nSPS) is 11.0. The molecule has 0 spiro atoms. The molecule has 122 valence electrons. The molecule has 2 rings (SSSR count). The van der Waals surface area contributed by atoms with E-state index in [9.17, 15) is 13.2 Å². The fourth-order valence-electron chi connectivity index (χ4n) is 2.04. The first-order valence-corrected chi connectivity index (χ1v) is 8.83. The monoisotopic (exact) mass is 333 g/mol. The summed E-state index contributed by atoms with van der Waals surface area (Å²) in [6, 6.07) is 12.9. The molecule has 6 heteroatoms. The molecule has 0 atom stereocenters. The number of ether oxygens (including phenoxy) is 1. The number of hydrogen-bond donors (Lipinski definition) is 1. The van der Waals surface area contributed by atoms with Crippen LogP contribution in [0.1, 0.15) is 29.8 Å². The van der Waals surface area contributed by atoms with Gasteiger partial charge in [0.15, 0.2) is 0 Å². The summed E-state index contributed by atoms with van der Waals surface area (Å²) in [6.45, 7) is 3.98. The minimum absolute atomic E-state index is 0.177. The lowest BCUT2D eigenvalue weighted by atomic mass is 10.2. The van der Waals surface area contributed by atoms with Crippen LogP contribution in [0.5, 0.6) is 0 Å². The minimum atomic E-state index is -3.70. The summed E-state index contributed by atoms with van der Waals surface area (Å²) in [5.41, 5.74) is 1.68. The average Bonchev–Trinajstić information content (AvgIpc) is 2.55. The Kier molecular flexibility index (Phi) is 5.39. The van der Waals surface area contributed by atoms with Gasteiger partial charge in [0.05, 0.1) is 17.1 Å². The standard InChI is InChI=1S/C17H19NO4S/c1-3-13-8-10-16(11-9-13)23(20,21)18-15-7-5-6-14(12-15)17(19)22-4-2/h5-12,18H,3-4H2,1-2H3. The van der Waals surface area contributed by atoms with Crippen LogP contribution < -0.4 is 4.72 Å². The zero-order valence-electron chi connectivity index (χ0n) is 13.1. The molecule has 23 heavy (non-hydrogen) atoms. The first-order chi connectivity index (χ1) is 11.0. The highest BCUT2D eigenvalue weighted by molar-refractivity contribution is 7.92. The van der Waals surface area contributed by atoms with E-state index >= 15 is 0 Å². The van der Waals surface area contributed by atoms with Gasteiger partial charge in [-0.25, -0.2) is 13.2 Å². The third-order valence-electron chi connectivity index (χ3n) is 3.27. The van der Waals surface area contributed by atoms with Gasteiger partial charge in [-0.3, -0.25) is 4.72 Å². The maximum atomic E-state index is 12.4. The summed E-state index contributed by atoms with van der Waals surface area (Å²) in [5, 5.41) is 0. The summed E-state index contributed by atoms with van der Waals surface area (Å²) in [5.74, 6) is -0.485. The zero-order valence-corrected chi connectivity index (χ0v) is 13.9. The van der Waals surface area contributed by atoms with Crippen LogP contribution in [0.4, 0.5) is 5.69 Å². The molecule has 0 aliphatic heterocycles. The molecule has 0 aliphatic carbocycles. The number of anilines is 1. The number of rotatable bonds is 6. The maximum Gasteiger partial charge on any atom is 0.338 e. The molecule has 5 nitrogen and oxygen atoms in total. The molecule has 0 aromatic heterocycles. The summed E-state index contributed by atoms with van der Waals surface area (Å²) in [6.07, 6.45) is 0.843. The summed E-state index contributed by atoms with van der Waals surface area (Å²) in [4.78, 5) is 11.9. The number of aryl methyl sites for hydroxylation is 1. The molecule has 0 amide bonds. The molecule has 0 radical (unpaired) electrons. The largest absolute Gasteiger partial charge is 0.462 e. The van der Waals surface area contributed by atoms with E-state index in [1.54, 1.807) is 49.4 Å². The van der Waals surface area contributed by atoms with Gasteiger partial charge in [-0.1, -0.05) is 25.1 Å². The molecule has 2 aromatic carbocycles. The fourth-order valence-corrected chi connectivity index (χ4v) is 3.09. The lowest BCUT2D eigenvalue weighted by Crippen LogP contribution is -2.13. The zero-order chi connectivity index (χ0) is 16.9. The Bertz CT molecular complexity index is 782. The van der Waals surface area contributed by atoms with Crippen molar-refractivity contribution in [2.24, 2.45) is 0 Å². The van der Waals surface area contributed by atoms with Crippen molar-refractivity contribution in [3.8, 4) is 0 Å². The van der Waals surface area contributed by atoms with E-state index in [1.165, 1.54) is 6.07 Å². The number of esters is 1. The van der Waals surface area contributed by atoms with E-state index in [2.05, 4.69) is 4.72 Å². The predicted molar refractivity (Wildman–Crippen MR) is 89.0 cm³/mol. The Morgan fingerprint density at radius 3 is 2.39 bits per heavy atom. The smallest absolute Gasteiger partial charge is 0.338 e. The van der Waals surface area contributed by atoms with Crippen LogP contribution in [0.2, 0.25) is 0 Å². The van der Waals surface area contributed by atoms with Gasteiger partial charge in [-0.15, -0.1) is 0 Å². The van der Waals surface area contributed by atoms with Crippen LogP contribution in [0.3, 0.4) is 0 Å². The summed E-state index contributed by atoms with van der Waals surface area (Å²) >= 11 is 0. The first-order valence-electron chi connectivity index (χ1n) is 7.35. The second-order valence-corrected chi connectivity index (χ2v) is 6.59. The van der Waals surface area contributed by atoms with Gasteiger partial charge in [0.1, 0.15) is 0 Å². The molecule has 2 aromatic rings. The Morgan fingerprint density at radius 2 is 1.78 bits per heavy atom. The van der Waals surface area contributed by atoms with Crippen molar-refractivity contribution < 1.29 is 17.9 Å². The third-order valence-corrected chi connectivity index (χ3v) is 4.67. The fraction of sp³-hybridized carbons (Fsp3) is 0.235. The Morgan fingerprint density at radius 1 is 1.09 bits per heavy atom. The second kappa shape index (κ2) is 7.28. The van der Waals surface area contributed by atoms with Gasteiger partial charge >= 0.3 is 5.97 Å². The van der Waals surface area contributed by atoms with Gasteiger partial charge in [0, 0.05) is 5.69 Å². The summed E-state index contributed by atoms with van der Waals surface area (Å²) in [7, 11) is -3.70. The van der Waals surface area contributed by atoms with Crippen molar-refractivity contribution in [3.63, 3.8) is 0 Å². The molecular formula is C17H19NO4S. The number of benzene rings is 2. The van der Waals surface area contributed by atoms with E-state index in [0.29, 0.717) is 11.3 Å². The summed E-state index contributed by atoms with van der Waals surface area (Å²) < 4.78 is 32.1. The lowest BCUT2D eigenvalue weighted by Gasteiger charge is -2.10. The van der Waals surface area contributed by atoms with E-state index in [-0.39, 0.29) is 11.5 Å². The lowest BCUT2D eigenvalue weighted by molar-refractivity contribution is 0.0526. The van der Waals surface area contributed by atoms with E-state index in [1.807, 2.05) is 6.92 Å². The molecule has 0 fully saturated rings. The van der Waals surface area contributed by atoms with Crippen LogP contribution in [0.15, 0.2) is 53.4 Å². The van der Waals surface area contributed by atoms with E-state index in [0.717, 1.165) is 12.0 Å². The number of nitrogens with one attached hydrogen (secondary N) is 1. The molecular weight excluding hydrogens is 314 g/mol. The highest BCUT2D eigenvalue weighted by Crippen LogP contribution is 2.18. The number of carbonyl (C=O) groups excluding carboxylic acids is 1. The van der Waals surface area contributed by atoms with Crippen molar-refractivity contribution >= 4 is 21.7 Å². The first kappa shape index (κ1) is 17.0. The number of carbonyl (C=O) groups is 1. The predicted octanol–water partition coefficient (Wildman–Crippen LogP) is 3.23. The molecule has 0 aliphatic rings. The van der Waals surface area contributed by atoms with Gasteiger partial charge < -0.3 is 4.74 Å². The van der Waals surface area contributed by atoms with Crippen LogP contribution in [0, 0.1) is 0 Å². The van der Waals surface area contributed by atoms with Crippen LogP contribution >= 0.6 is 0 Å². The van der Waals surface area contributed by atoms with Gasteiger partial charge in [-0.05, 0) is 49.2 Å². The topological polar surface area (TPSA) is 72.5 Å². The molecule has 0 bridgehead atoms. The number of hydrogen-bond acceptors (Lipinski definition) is 4. The Labute approximate surface area is 136 Å².